The second-order valence-electron chi connectivity index (χ2n) is 6.16. The van der Waals surface area contributed by atoms with Crippen LogP contribution in [0.25, 0.3) is 0 Å². The molecule has 0 spiro atoms. The minimum atomic E-state index is -4.53. The zero-order valence-electron chi connectivity index (χ0n) is 15.1. The second kappa shape index (κ2) is 8.13. The van der Waals surface area contributed by atoms with Crippen LogP contribution in [-0.2, 0) is 6.18 Å². The molecule has 0 saturated carbocycles. The summed E-state index contributed by atoms with van der Waals surface area (Å²) in [7, 11) is 0. The molecule has 0 aliphatic heterocycles. The zero-order valence-corrected chi connectivity index (χ0v) is 15.1. The topological polar surface area (TPSA) is 99.8 Å². The maximum atomic E-state index is 13.1. The van der Waals surface area contributed by atoms with E-state index in [-0.39, 0.29) is 17.2 Å². The van der Waals surface area contributed by atoms with Gasteiger partial charge in [0.2, 0.25) is 0 Å². The number of amides is 2. The minimum absolute atomic E-state index is 0.164. The van der Waals surface area contributed by atoms with Gasteiger partial charge in [-0.05, 0) is 36.8 Å². The summed E-state index contributed by atoms with van der Waals surface area (Å²) in [6, 6.07) is 9.16. The molecule has 0 fully saturated rings. The summed E-state index contributed by atoms with van der Waals surface area (Å²) >= 11 is 0. The number of aromatic nitrogens is 3. The highest BCUT2D eigenvalue weighted by molar-refractivity contribution is 5.96. The van der Waals surface area contributed by atoms with Gasteiger partial charge in [0.05, 0.1) is 5.56 Å². The summed E-state index contributed by atoms with van der Waals surface area (Å²) in [5, 5.41) is 11.4. The summed E-state index contributed by atoms with van der Waals surface area (Å²) in [6.07, 6.45) is -3.34. The predicted molar refractivity (Wildman–Crippen MR) is 98.3 cm³/mol. The van der Waals surface area contributed by atoms with Gasteiger partial charge in [0.25, 0.3) is 0 Å². The first-order chi connectivity index (χ1) is 13.7. The Morgan fingerprint density at radius 1 is 1.10 bits per heavy atom. The molecule has 0 unspecified atom stereocenters. The fourth-order valence-electron chi connectivity index (χ4n) is 2.67. The van der Waals surface area contributed by atoms with E-state index < -0.39 is 23.8 Å². The Kier molecular flexibility index (Phi) is 5.62. The number of alkyl halides is 3. The number of hydrogen-bond donors (Lipinski definition) is 3. The molecule has 10 heteroatoms. The number of ketones is 1. The molecular formula is C19H16F3N5O2. The first-order valence-corrected chi connectivity index (χ1v) is 8.45. The minimum Gasteiger partial charge on any atom is -0.324 e. The molecular weight excluding hydrogens is 387 g/mol. The molecule has 3 N–H and O–H groups in total. The van der Waals surface area contributed by atoms with Crippen molar-refractivity contribution in [2.75, 3.05) is 5.32 Å². The molecule has 1 atom stereocenters. The Morgan fingerprint density at radius 2 is 1.86 bits per heavy atom. The molecule has 2 aromatic carbocycles. The van der Waals surface area contributed by atoms with E-state index in [1.807, 2.05) is 0 Å². The predicted octanol–water partition coefficient (Wildman–Crippen LogP) is 3.94. The van der Waals surface area contributed by atoms with Crippen LogP contribution in [-0.4, -0.2) is 27.0 Å². The lowest BCUT2D eigenvalue weighted by Gasteiger charge is -2.19. The van der Waals surface area contributed by atoms with Crippen molar-refractivity contribution in [1.29, 1.82) is 0 Å². The van der Waals surface area contributed by atoms with Crippen LogP contribution in [0, 0.1) is 0 Å². The van der Waals surface area contributed by atoms with Gasteiger partial charge in [-0.2, -0.15) is 18.3 Å². The van der Waals surface area contributed by atoms with E-state index in [9.17, 15) is 22.8 Å². The number of urea groups is 1. The van der Waals surface area contributed by atoms with Crippen molar-refractivity contribution >= 4 is 17.5 Å². The second-order valence-corrected chi connectivity index (χ2v) is 6.16. The smallest absolute Gasteiger partial charge is 0.324 e. The third-order valence-corrected chi connectivity index (χ3v) is 4.06. The van der Waals surface area contributed by atoms with Crippen molar-refractivity contribution in [3.05, 3.63) is 77.4 Å². The van der Waals surface area contributed by atoms with Gasteiger partial charge < -0.3 is 10.6 Å². The van der Waals surface area contributed by atoms with Gasteiger partial charge in [-0.3, -0.25) is 9.89 Å². The number of hydrogen-bond acceptors (Lipinski definition) is 4. The number of halogens is 3. The maximum Gasteiger partial charge on any atom is 0.416 e. The standard InChI is InChI=1S/C19H16F3N5O2/c1-11(28)12-4-3-7-15(9-12)25-18(29)26-16(17-23-10-24-27-17)13-5-2-6-14(8-13)19(20,21)22/h2-10,16H,1H3,(H,23,24,27)(H2,25,26,29)/t16-/m1/s1. The summed E-state index contributed by atoms with van der Waals surface area (Å²) in [5.41, 5.74) is 0.0862. The van der Waals surface area contributed by atoms with Crippen LogP contribution in [0.3, 0.4) is 0 Å². The number of anilines is 1. The quantitative estimate of drug-likeness (QED) is 0.562. The average molecular weight is 403 g/mol. The van der Waals surface area contributed by atoms with Gasteiger partial charge >= 0.3 is 12.2 Å². The number of aromatic amines is 1. The van der Waals surface area contributed by atoms with Gasteiger partial charge in [-0.1, -0.05) is 24.3 Å². The normalized spacial score (nSPS) is 12.3. The highest BCUT2D eigenvalue weighted by Crippen LogP contribution is 2.31. The highest BCUT2D eigenvalue weighted by atomic mass is 19.4. The van der Waals surface area contributed by atoms with Crippen LogP contribution in [0.5, 0.6) is 0 Å². The molecule has 0 saturated heterocycles. The zero-order chi connectivity index (χ0) is 21.0. The van der Waals surface area contributed by atoms with E-state index in [2.05, 4.69) is 25.8 Å². The van der Waals surface area contributed by atoms with Crippen LogP contribution in [0.4, 0.5) is 23.7 Å². The average Bonchev–Trinajstić information content (AvgIpc) is 3.20. The lowest BCUT2D eigenvalue weighted by atomic mass is 10.0. The number of Topliss-reactive ketones (excluding diaryl/α,β-unsaturated/α-hetero) is 1. The van der Waals surface area contributed by atoms with Crippen molar-refractivity contribution in [3.8, 4) is 0 Å². The Bertz CT molecular complexity index is 1020. The fourth-order valence-corrected chi connectivity index (χ4v) is 2.67. The molecule has 3 rings (SSSR count). The molecule has 0 radical (unpaired) electrons. The van der Waals surface area contributed by atoms with E-state index in [1.165, 1.54) is 31.5 Å². The lowest BCUT2D eigenvalue weighted by Crippen LogP contribution is -2.34. The third-order valence-electron chi connectivity index (χ3n) is 4.06. The number of carbonyl (C=O) groups is 2. The maximum absolute atomic E-state index is 13.1. The van der Waals surface area contributed by atoms with Gasteiger partial charge in [0, 0.05) is 11.3 Å². The van der Waals surface area contributed by atoms with Gasteiger partial charge in [-0.25, -0.2) is 9.78 Å². The number of H-pyrrole nitrogens is 1. The number of nitrogens with zero attached hydrogens (tertiary/aromatic N) is 2. The number of rotatable bonds is 5. The van der Waals surface area contributed by atoms with Gasteiger partial charge in [0.15, 0.2) is 11.6 Å². The van der Waals surface area contributed by atoms with Crippen molar-refractivity contribution in [2.45, 2.75) is 19.1 Å². The van der Waals surface area contributed by atoms with Crippen LogP contribution in [0.1, 0.15) is 40.3 Å². The molecule has 3 aromatic rings. The molecule has 0 aliphatic rings. The fraction of sp³-hybridized carbons (Fsp3) is 0.158. The van der Waals surface area contributed by atoms with Crippen molar-refractivity contribution < 1.29 is 22.8 Å². The van der Waals surface area contributed by atoms with Gasteiger partial charge in [0.1, 0.15) is 12.4 Å². The Morgan fingerprint density at radius 3 is 2.52 bits per heavy atom. The van der Waals surface area contributed by atoms with Crippen molar-refractivity contribution in [1.82, 2.24) is 20.5 Å². The molecule has 2 amide bonds. The summed E-state index contributed by atoms with van der Waals surface area (Å²) < 4.78 is 39.2. The van der Waals surface area contributed by atoms with Crippen LogP contribution < -0.4 is 10.6 Å². The Hall–Kier alpha value is -3.69. The van der Waals surface area contributed by atoms with Crippen molar-refractivity contribution in [2.24, 2.45) is 0 Å². The largest absolute Gasteiger partial charge is 0.416 e. The molecule has 29 heavy (non-hydrogen) atoms. The molecule has 0 bridgehead atoms. The number of nitrogens with one attached hydrogen (secondary N) is 3. The Labute approximate surface area is 163 Å². The summed E-state index contributed by atoms with van der Waals surface area (Å²) in [5.74, 6) is -0.00507. The van der Waals surface area contributed by atoms with Crippen molar-refractivity contribution in [3.63, 3.8) is 0 Å². The highest BCUT2D eigenvalue weighted by Gasteiger charge is 2.31. The number of carbonyl (C=O) groups excluding carboxylic acids is 2. The SMILES string of the molecule is CC(=O)c1cccc(NC(=O)N[C@H](c2cccc(C(F)(F)F)c2)c2ncn[nH]2)c1. The third kappa shape index (κ3) is 4.98. The van der Waals surface area contributed by atoms with E-state index in [4.69, 9.17) is 0 Å². The molecule has 1 aromatic heterocycles. The van der Waals surface area contributed by atoms with E-state index in [0.717, 1.165) is 12.1 Å². The molecule has 150 valence electrons. The van der Waals surface area contributed by atoms with Crippen LogP contribution >= 0.6 is 0 Å². The monoisotopic (exact) mass is 403 g/mol. The van der Waals surface area contributed by atoms with E-state index >= 15 is 0 Å². The summed E-state index contributed by atoms with van der Waals surface area (Å²) in [4.78, 5) is 27.9. The first-order valence-electron chi connectivity index (χ1n) is 8.45. The van der Waals surface area contributed by atoms with E-state index in [1.54, 1.807) is 18.2 Å². The van der Waals surface area contributed by atoms with Crippen LogP contribution in [0.15, 0.2) is 54.9 Å². The lowest BCUT2D eigenvalue weighted by molar-refractivity contribution is -0.137. The number of benzene rings is 2. The molecule has 0 aliphatic carbocycles. The summed E-state index contributed by atoms with van der Waals surface area (Å²) in [6.45, 7) is 1.40. The van der Waals surface area contributed by atoms with Gasteiger partial charge in [-0.15, -0.1) is 0 Å². The van der Waals surface area contributed by atoms with E-state index in [0.29, 0.717) is 11.3 Å². The van der Waals surface area contributed by atoms with Crippen LogP contribution in [0.2, 0.25) is 0 Å². The molecule has 1 heterocycles. The Balaban J connectivity index is 1.85. The first kappa shape index (κ1) is 20.1. The molecule has 7 nitrogen and oxygen atoms in total.